The zero-order chi connectivity index (χ0) is 18.1. The highest BCUT2D eigenvalue weighted by Gasteiger charge is 2.23. The molecule has 1 unspecified atom stereocenters. The first-order chi connectivity index (χ1) is 12.7. The lowest BCUT2D eigenvalue weighted by molar-refractivity contribution is 0.392. The second-order valence-electron chi connectivity index (χ2n) is 6.78. The molecule has 1 aliphatic rings. The first-order valence-corrected chi connectivity index (χ1v) is 8.96. The molecular formula is C23H23NO2. The average Bonchev–Trinajstić information content (AvgIpc) is 2.67. The molecule has 0 fully saturated rings. The molecule has 4 rings (SSSR count). The summed E-state index contributed by atoms with van der Waals surface area (Å²) in [6.07, 6.45) is 1.82. The number of hydrogen-bond acceptors (Lipinski definition) is 3. The average molecular weight is 345 g/mol. The van der Waals surface area contributed by atoms with Crippen molar-refractivity contribution in [3.05, 3.63) is 71.3 Å². The Labute approximate surface area is 154 Å². The summed E-state index contributed by atoms with van der Waals surface area (Å²) in [6, 6.07) is 19.4. The Balaban J connectivity index is 1.70. The van der Waals surface area contributed by atoms with E-state index >= 15 is 0 Å². The van der Waals surface area contributed by atoms with Crippen molar-refractivity contribution in [1.82, 2.24) is 0 Å². The van der Waals surface area contributed by atoms with E-state index in [1.165, 1.54) is 21.9 Å². The van der Waals surface area contributed by atoms with Crippen LogP contribution >= 0.6 is 0 Å². The Kier molecular flexibility index (Phi) is 4.37. The van der Waals surface area contributed by atoms with Gasteiger partial charge in [0.05, 0.1) is 20.3 Å². The molecule has 0 amide bonds. The molecule has 3 heteroatoms. The number of fused-ring (bicyclic) bond motifs is 2. The summed E-state index contributed by atoms with van der Waals surface area (Å²) in [7, 11) is 3.39. The van der Waals surface area contributed by atoms with Crippen molar-refractivity contribution in [3.8, 4) is 11.5 Å². The lowest BCUT2D eigenvalue weighted by Gasteiger charge is -2.25. The van der Waals surface area contributed by atoms with Crippen LogP contribution < -0.4 is 9.47 Å². The Morgan fingerprint density at radius 2 is 1.81 bits per heavy atom. The highest BCUT2D eigenvalue weighted by atomic mass is 16.5. The summed E-state index contributed by atoms with van der Waals surface area (Å²) >= 11 is 0. The summed E-state index contributed by atoms with van der Waals surface area (Å²) in [6.45, 7) is 2.07. The third-order valence-corrected chi connectivity index (χ3v) is 5.14. The third kappa shape index (κ3) is 2.94. The number of benzene rings is 3. The van der Waals surface area contributed by atoms with Crippen molar-refractivity contribution in [3.63, 3.8) is 0 Å². The van der Waals surface area contributed by atoms with Gasteiger partial charge in [-0.1, -0.05) is 42.5 Å². The lowest BCUT2D eigenvalue weighted by Crippen LogP contribution is -2.22. The molecule has 1 atom stereocenters. The summed E-state index contributed by atoms with van der Waals surface area (Å²) in [5.74, 6) is 1.67. The van der Waals surface area contributed by atoms with E-state index in [9.17, 15) is 0 Å². The number of rotatable bonds is 4. The van der Waals surface area contributed by atoms with Crippen molar-refractivity contribution in [2.24, 2.45) is 4.99 Å². The Morgan fingerprint density at radius 3 is 2.62 bits per heavy atom. The van der Waals surface area contributed by atoms with Gasteiger partial charge in [0.15, 0.2) is 0 Å². The van der Waals surface area contributed by atoms with Gasteiger partial charge in [-0.25, -0.2) is 0 Å². The molecule has 1 heterocycles. The van der Waals surface area contributed by atoms with Crippen molar-refractivity contribution in [1.29, 1.82) is 0 Å². The van der Waals surface area contributed by atoms with Gasteiger partial charge in [-0.3, -0.25) is 4.99 Å². The molecule has 3 nitrogen and oxygen atoms in total. The van der Waals surface area contributed by atoms with E-state index in [0.29, 0.717) is 0 Å². The van der Waals surface area contributed by atoms with E-state index in [1.807, 2.05) is 6.07 Å². The van der Waals surface area contributed by atoms with E-state index in [-0.39, 0.29) is 6.04 Å². The molecule has 0 aromatic heterocycles. The van der Waals surface area contributed by atoms with Crippen LogP contribution in [0, 0.1) is 0 Å². The molecule has 3 aromatic carbocycles. The fourth-order valence-electron chi connectivity index (χ4n) is 3.98. The molecule has 0 saturated heterocycles. The minimum atomic E-state index is 0.227. The van der Waals surface area contributed by atoms with E-state index in [0.717, 1.165) is 35.6 Å². The molecule has 1 aliphatic heterocycles. The summed E-state index contributed by atoms with van der Waals surface area (Å²) < 4.78 is 11.0. The van der Waals surface area contributed by atoms with Crippen LogP contribution in [0.2, 0.25) is 0 Å². The molecule has 0 radical (unpaired) electrons. The lowest BCUT2D eigenvalue weighted by atomic mass is 9.89. The van der Waals surface area contributed by atoms with Crippen molar-refractivity contribution in [2.75, 3.05) is 14.2 Å². The zero-order valence-corrected chi connectivity index (χ0v) is 15.5. The van der Waals surface area contributed by atoms with Gasteiger partial charge in [0.2, 0.25) is 0 Å². The van der Waals surface area contributed by atoms with Crippen molar-refractivity contribution >= 4 is 16.5 Å². The number of nitrogens with zero attached hydrogens (tertiary/aromatic N) is 1. The van der Waals surface area contributed by atoms with Crippen molar-refractivity contribution in [2.45, 2.75) is 25.8 Å². The van der Waals surface area contributed by atoms with Gasteiger partial charge in [-0.15, -0.1) is 0 Å². The number of ether oxygens (including phenoxy) is 2. The minimum Gasteiger partial charge on any atom is -0.497 e. The topological polar surface area (TPSA) is 30.8 Å². The van der Waals surface area contributed by atoms with Crippen LogP contribution in [-0.4, -0.2) is 26.0 Å². The fourth-order valence-corrected chi connectivity index (χ4v) is 3.98. The first kappa shape index (κ1) is 16.6. The van der Waals surface area contributed by atoms with E-state index < -0.39 is 0 Å². The molecule has 0 bridgehead atoms. The molecule has 3 aromatic rings. The second-order valence-corrected chi connectivity index (χ2v) is 6.78. The molecule has 132 valence electrons. The van der Waals surface area contributed by atoms with Crippen LogP contribution in [0.1, 0.15) is 23.6 Å². The Bertz CT molecular complexity index is 985. The van der Waals surface area contributed by atoms with Crippen LogP contribution in [-0.2, 0) is 12.8 Å². The zero-order valence-electron chi connectivity index (χ0n) is 15.5. The highest BCUT2D eigenvalue weighted by molar-refractivity contribution is 6.03. The van der Waals surface area contributed by atoms with Gasteiger partial charge in [0.25, 0.3) is 0 Å². The largest absolute Gasteiger partial charge is 0.497 e. The van der Waals surface area contributed by atoms with Gasteiger partial charge in [-0.2, -0.15) is 0 Å². The van der Waals surface area contributed by atoms with Crippen LogP contribution in [0.3, 0.4) is 0 Å². The van der Waals surface area contributed by atoms with Gasteiger partial charge >= 0.3 is 0 Å². The third-order valence-electron chi connectivity index (χ3n) is 5.14. The molecular weight excluding hydrogens is 322 g/mol. The molecule has 0 saturated carbocycles. The smallest absolute Gasteiger partial charge is 0.131 e. The molecule has 26 heavy (non-hydrogen) atoms. The maximum atomic E-state index is 5.58. The maximum absolute atomic E-state index is 5.58. The summed E-state index contributed by atoms with van der Waals surface area (Å²) in [5.41, 5.74) is 4.75. The SMILES string of the molecule is COc1cc2c(c(OC)c1)C(C)=NC(Cc1cccc3ccccc13)C2. The van der Waals surface area contributed by atoms with Crippen LogP contribution in [0.5, 0.6) is 11.5 Å². The second kappa shape index (κ2) is 6.83. The van der Waals surface area contributed by atoms with Crippen LogP contribution in [0.4, 0.5) is 0 Å². The standard InChI is InChI=1S/C23H23NO2/c1-15-23-18(13-20(25-2)14-22(23)26-3)12-19(24-15)11-17-9-6-8-16-7-4-5-10-21(16)17/h4-10,13-14,19H,11-12H2,1-3H3. The minimum absolute atomic E-state index is 0.227. The summed E-state index contributed by atoms with van der Waals surface area (Å²) in [5, 5.41) is 2.60. The van der Waals surface area contributed by atoms with E-state index in [2.05, 4.69) is 55.5 Å². The highest BCUT2D eigenvalue weighted by Crippen LogP contribution is 2.34. The number of hydrogen-bond donors (Lipinski definition) is 0. The van der Waals surface area contributed by atoms with Crippen LogP contribution in [0.25, 0.3) is 10.8 Å². The monoisotopic (exact) mass is 345 g/mol. The van der Waals surface area contributed by atoms with Gasteiger partial charge < -0.3 is 9.47 Å². The van der Waals surface area contributed by atoms with Crippen molar-refractivity contribution < 1.29 is 9.47 Å². The molecule has 0 N–H and O–H groups in total. The van der Waals surface area contributed by atoms with E-state index in [4.69, 9.17) is 14.5 Å². The summed E-state index contributed by atoms with van der Waals surface area (Å²) in [4.78, 5) is 4.99. The Hall–Kier alpha value is -2.81. The van der Waals surface area contributed by atoms with Crippen LogP contribution in [0.15, 0.2) is 59.6 Å². The first-order valence-electron chi connectivity index (χ1n) is 8.96. The quantitative estimate of drug-likeness (QED) is 0.678. The molecule has 0 aliphatic carbocycles. The maximum Gasteiger partial charge on any atom is 0.131 e. The van der Waals surface area contributed by atoms with E-state index in [1.54, 1.807) is 14.2 Å². The predicted octanol–water partition coefficient (Wildman–Crippen LogP) is 4.83. The number of methoxy groups -OCH3 is 2. The molecule has 0 spiro atoms. The van der Waals surface area contributed by atoms with Gasteiger partial charge in [0.1, 0.15) is 11.5 Å². The normalized spacial score (nSPS) is 16.1. The van der Waals surface area contributed by atoms with Gasteiger partial charge in [-0.05, 0) is 47.7 Å². The number of aliphatic imine (C=N–C) groups is 1. The fraction of sp³-hybridized carbons (Fsp3) is 0.261. The van der Waals surface area contributed by atoms with Gasteiger partial charge in [0, 0.05) is 17.3 Å². The Morgan fingerprint density at radius 1 is 1.00 bits per heavy atom. The predicted molar refractivity (Wildman–Crippen MR) is 107 cm³/mol.